The summed E-state index contributed by atoms with van der Waals surface area (Å²) in [4.78, 5) is 4.53. The molecule has 0 bridgehead atoms. The van der Waals surface area contributed by atoms with Crippen LogP contribution >= 0.6 is 0 Å². The van der Waals surface area contributed by atoms with E-state index < -0.39 is 0 Å². The monoisotopic (exact) mass is 241 g/mol. The molecule has 3 rings (SSSR count). The Morgan fingerprint density at radius 3 is 2.89 bits per heavy atom. The lowest BCUT2D eigenvalue weighted by Crippen LogP contribution is -2.18. The number of hydrogen-bond acceptors (Lipinski definition) is 2. The van der Waals surface area contributed by atoms with Crippen molar-refractivity contribution >= 4 is 10.9 Å². The minimum Gasteiger partial charge on any atom is -0.393 e. The van der Waals surface area contributed by atoms with Gasteiger partial charge in [0.2, 0.25) is 0 Å². The minimum atomic E-state index is -0.115. The molecule has 2 nitrogen and oxygen atoms in total. The van der Waals surface area contributed by atoms with Gasteiger partial charge < -0.3 is 5.11 Å². The second kappa shape index (κ2) is 4.69. The van der Waals surface area contributed by atoms with Crippen molar-refractivity contribution in [3.05, 3.63) is 41.6 Å². The van der Waals surface area contributed by atoms with Crippen molar-refractivity contribution in [3.63, 3.8) is 0 Å². The van der Waals surface area contributed by atoms with E-state index in [4.69, 9.17) is 0 Å². The van der Waals surface area contributed by atoms with Crippen LogP contribution in [0.1, 0.15) is 42.9 Å². The van der Waals surface area contributed by atoms with Crippen LogP contribution in [0.5, 0.6) is 0 Å². The third-order valence-electron chi connectivity index (χ3n) is 3.97. The fraction of sp³-hybridized carbons (Fsp3) is 0.438. The van der Waals surface area contributed by atoms with Crippen molar-refractivity contribution in [2.45, 2.75) is 44.6 Å². The summed E-state index contributed by atoms with van der Waals surface area (Å²) in [6.45, 7) is 2.02. The van der Waals surface area contributed by atoms with E-state index in [1.165, 1.54) is 17.4 Å². The highest BCUT2D eigenvalue weighted by atomic mass is 16.3. The van der Waals surface area contributed by atoms with E-state index in [9.17, 15) is 5.11 Å². The molecule has 0 aliphatic heterocycles. The Morgan fingerprint density at radius 1 is 1.17 bits per heavy atom. The van der Waals surface area contributed by atoms with Crippen LogP contribution in [0, 0.1) is 6.92 Å². The Balaban J connectivity index is 1.95. The lowest BCUT2D eigenvalue weighted by atomic mass is 9.82. The van der Waals surface area contributed by atoms with E-state index >= 15 is 0 Å². The molecule has 2 aromatic rings. The molecular weight excluding hydrogens is 222 g/mol. The van der Waals surface area contributed by atoms with Crippen LogP contribution in [0.2, 0.25) is 0 Å². The Hall–Kier alpha value is -1.41. The summed E-state index contributed by atoms with van der Waals surface area (Å²) < 4.78 is 0. The number of fused-ring (bicyclic) bond motifs is 1. The highest BCUT2D eigenvalue weighted by Gasteiger charge is 2.21. The Kier molecular flexibility index (Phi) is 3.04. The number of nitrogens with zero attached hydrogens (tertiary/aromatic N) is 1. The number of pyridine rings is 1. The molecule has 1 N–H and O–H groups in total. The lowest BCUT2D eigenvalue weighted by molar-refractivity contribution is 0.119. The first-order chi connectivity index (χ1) is 8.72. The van der Waals surface area contributed by atoms with Crippen molar-refractivity contribution < 1.29 is 5.11 Å². The van der Waals surface area contributed by atoms with Crippen molar-refractivity contribution in [2.24, 2.45) is 0 Å². The van der Waals surface area contributed by atoms with Gasteiger partial charge in [0.25, 0.3) is 0 Å². The number of aliphatic hydroxyl groups is 1. The molecular formula is C16H19NO. The molecule has 1 fully saturated rings. The van der Waals surface area contributed by atoms with E-state index in [0.29, 0.717) is 5.92 Å². The van der Waals surface area contributed by atoms with Gasteiger partial charge in [-0.3, -0.25) is 4.98 Å². The SMILES string of the molecule is Cc1ccc2cc(C3CCCC(O)C3)ccc2n1. The summed E-state index contributed by atoms with van der Waals surface area (Å²) in [6, 6.07) is 10.7. The molecule has 2 heteroatoms. The maximum Gasteiger partial charge on any atom is 0.0705 e. The zero-order valence-corrected chi connectivity index (χ0v) is 10.8. The number of aromatic nitrogens is 1. The Morgan fingerprint density at radius 2 is 2.06 bits per heavy atom. The van der Waals surface area contributed by atoms with Crippen molar-refractivity contribution in [1.29, 1.82) is 0 Å². The van der Waals surface area contributed by atoms with Crippen LogP contribution < -0.4 is 0 Å². The molecule has 1 heterocycles. The van der Waals surface area contributed by atoms with Gasteiger partial charge in [0.15, 0.2) is 0 Å². The van der Waals surface area contributed by atoms with Crippen LogP contribution in [0.4, 0.5) is 0 Å². The average molecular weight is 241 g/mol. The van der Waals surface area contributed by atoms with Gasteiger partial charge in [0, 0.05) is 11.1 Å². The van der Waals surface area contributed by atoms with E-state index in [1.807, 2.05) is 6.92 Å². The standard InChI is InChI=1S/C16H19NO/c1-11-5-6-14-9-13(7-8-16(14)17-11)12-3-2-4-15(18)10-12/h5-9,12,15,18H,2-4,10H2,1H3. The first-order valence-electron chi connectivity index (χ1n) is 6.78. The van der Waals surface area contributed by atoms with Crippen LogP contribution in [0.25, 0.3) is 10.9 Å². The zero-order chi connectivity index (χ0) is 12.5. The molecule has 1 aliphatic carbocycles. The van der Waals surface area contributed by atoms with Crippen LogP contribution in [0.15, 0.2) is 30.3 Å². The second-order valence-corrected chi connectivity index (χ2v) is 5.42. The van der Waals surface area contributed by atoms with Crippen LogP contribution in [-0.2, 0) is 0 Å². The molecule has 18 heavy (non-hydrogen) atoms. The number of hydrogen-bond donors (Lipinski definition) is 1. The predicted octanol–water partition coefficient (Wildman–Crippen LogP) is 3.56. The fourth-order valence-corrected chi connectivity index (χ4v) is 2.97. The molecule has 94 valence electrons. The summed E-state index contributed by atoms with van der Waals surface area (Å²) in [5.41, 5.74) is 3.48. The van der Waals surface area contributed by atoms with Gasteiger partial charge in [0.1, 0.15) is 0 Å². The smallest absolute Gasteiger partial charge is 0.0705 e. The normalized spacial score (nSPS) is 24.3. The van der Waals surface area contributed by atoms with E-state index in [-0.39, 0.29) is 6.10 Å². The maximum absolute atomic E-state index is 9.78. The largest absolute Gasteiger partial charge is 0.393 e. The first kappa shape index (κ1) is 11.7. The van der Waals surface area contributed by atoms with Crippen molar-refractivity contribution in [1.82, 2.24) is 4.98 Å². The van der Waals surface area contributed by atoms with Gasteiger partial charge in [-0.2, -0.15) is 0 Å². The molecule has 0 spiro atoms. The zero-order valence-electron chi connectivity index (χ0n) is 10.8. The first-order valence-corrected chi connectivity index (χ1v) is 6.78. The summed E-state index contributed by atoms with van der Waals surface area (Å²) in [5.74, 6) is 0.513. The van der Waals surface area contributed by atoms with E-state index in [0.717, 1.165) is 30.5 Å². The minimum absolute atomic E-state index is 0.115. The van der Waals surface area contributed by atoms with Crippen molar-refractivity contribution in [2.75, 3.05) is 0 Å². The number of aryl methyl sites for hydroxylation is 1. The molecule has 0 amide bonds. The van der Waals surface area contributed by atoms with Crippen molar-refractivity contribution in [3.8, 4) is 0 Å². The van der Waals surface area contributed by atoms with E-state index in [2.05, 4.69) is 35.3 Å². The summed E-state index contributed by atoms with van der Waals surface area (Å²) in [6.07, 6.45) is 4.09. The summed E-state index contributed by atoms with van der Waals surface area (Å²) in [5, 5.41) is 11.0. The third kappa shape index (κ3) is 2.25. The quantitative estimate of drug-likeness (QED) is 0.828. The molecule has 1 aromatic carbocycles. The maximum atomic E-state index is 9.78. The van der Waals surface area contributed by atoms with Crippen LogP contribution in [0.3, 0.4) is 0 Å². The number of aliphatic hydroxyl groups excluding tert-OH is 1. The van der Waals surface area contributed by atoms with Crippen LogP contribution in [-0.4, -0.2) is 16.2 Å². The Bertz CT molecular complexity index is 564. The van der Waals surface area contributed by atoms with Gasteiger partial charge in [-0.05, 0) is 55.9 Å². The highest BCUT2D eigenvalue weighted by Crippen LogP contribution is 2.33. The number of rotatable bonds is 1. The lowest BCUT2D eigenvalue weighted by Gasteiger charge is -2.26. The van der Waals surface area contributed by atoms with Gasteiger partial charge in [-0.15, -0.1) is 0 Å². The predicted molar refractivity (Wildman–Crippen MR) is 73.7 cm³/mol. The van der Waals surface area contributed by atoms with Gasteiger partial charge in [-0.25, -0.2) is 0 Å². The molecule has 1 aliphatic rings. The molecule has 2 unspecified atom stereocenters. The molecule has 2 atom stereocenters. The Labute approximate surface area is 108 Å². The summed E-state index contributed by atoms with van der Waals surface area (Å²) in [7, 11) is 0. The molecule has 1 saturated carbocycles. The molecule has 1 aromatic heterocycles. The average Bonchev–Trinajstić information content (AvgIpc) is 2.38. The molecule has 0 radical (unpaired) electrons. The van der Waals surface area contributed by atoms with Gasteiger partial charge in [0.05, 0.1) is 11.6 Å². The fourth-order valence-electron chi connectivity index (χ4n) is 2.97. The second-order valence-electron chi connectivity index (χ2n) is 5.42. The van der Waals surface area contributed by atoms with E-state index in [1.54, 1.807) is 0 Å². The molecule has 0 saturated heterocycles. The number of benzene rings is 1. The van der Waals surface area contributed by atoms with Gasteiger partial charge >= 0.3 is 0 Å². The highest BCUT2D eigenvalue weighted by molar-refractivity contribution is 5.79. The summed E-state index contributed by atoms with van der Waals surface area (Å²) >= 11 is 0. The third-order valence-corrected chi connectivity index (χ3v) is 3.97. The van der Waals surface area contributed by atoms with Gasteiger partial charge in [-0.1, -0.05) is 18.6 Å². The topological polar surface area (TPSA) is 33.1 Å².